The molecule has 1 aliphatic heterocycles. The molecule has 2 N–H and O–H groups in total. The average Bonchev–Trinajstić information content (AvgIpc) is 3.88. The summed E-state index contributed by atoms with van der Waals surface area (Å²) in [5.74, 6) is 0.594. The van der Waals surface area contributed by atoms with Crippen molar-refractivity contribution in [2.75, 3.05) is 53.1 Å². The number of methoxy groups -OCH3 is 3. The van der Waals surface area contributed by atoms with Gasteiger partial charge in [0.25, 0.3) is 14.1 Å². The average molecular weight is 914 g/mol. The Balaban J connectivity index is 1.53. The number of hydrogen-bond donors (Lipinski definition) is 2. The molecule has 18 heteroatoms. The second kappa shape index (κ2) is 22.8. The van der Waals surface area contributed by atoms with Crippen LogP contribution in [0.2, 0.25) is 0 Å². The van der Waals surface area contributed by atoms with Gasteiger partial charge in [0, 0.05) is 25.1 Å². The monoisotopic (exact) mass is 913 g/mol. The predicted octanol–water partition coefficient (Wildman–Crippen LogP) is 7.33. The minimum absolute atomic E-state index is 0.0206. The lowest BCUT2D eigenvalue weighted by molar-refractivity contribution is -0.118. The highest BCUT2D eigenvalue weighted by molar-refractivity contribution is 7.44. The predicted molar refractivity (Wildman–Crippen MR) is 245 cm³/mol. The molecular weight excluding hydrogens is 854 g/mol. The molecule has 3 aromatic carbocycles. The van der Waals surface area contributed by atoms with Gasteiger partial charge >= 0.3 is 0 Å². The Hall–Kier alpha value is -5.28. The van der Waals surface area contributed by atoms with E-state index in [0.29, 0.717) is 11.5 Å². The summed E-state index contributed by atoms with van der Waals surface area (Å²) in [6, 6.07) is 27.5. The molecule has 4 unspecified atom stereocenters. The van der Waals surface area contributed by atoms with Crippen LogP contribution in [-0.4, -0.2) is 108 Å². The molecule has 65 heavy (non-hydrogen) atoms. The molecule has 1 saturated heterocycles. The van der Waals surface area contributed by atoms with Crippen LogP contribution in [0.1, 0.15) is 70.9 Å². The molecular formula is C47H60N7O10P. The first kappa shape index (κ1) is 49.2. The van der Waals surface area contributed by atoms with E-state index < -0.39 is 44.2 Å². The number of benzene rings is 3. The molecule has 5 aromatic rings. The molecule has 0 spiro atoms. The zero-order valence-electron chi connectivity index (χ0n) is 38.4. The van der Waals surface area contributed by atoms with Crippen LogP contribution in [0.4, 0.5) is 5.95 Å². The summed E-state index contributed by atoms with van der Waals surface area (Å²) in [7, 11) is 2.97. The van der Waals surface area contributed by atoms with E-state index in [9.17, 15) is 14.9 Å². The first-order valence-electron chi connectivity index (χ1n) is 21.6. The van der Waals surface area contributed by atoms with Crippen molar-refractivity contribution in [3.63, 3.8) is 0 Å². The quantitative estimate of drug-likeness (QED) is 0.0376. The van der Waals surface area contributed by atoms with Gasteiger partial charge in [0.1, 0.15) is 35.4 Å². The molecule has 0 radical (unpaired) electrons. The number of aromatic nitrogens is 4. The third-order valence-electron chi connectivity index (χ3n) is 10.9. The third kappa shape index (κ3) is 11.2. The van der Waals surface area contributed by atoms with Gasteiger partial charge < -0.3 is 37.5 Å². The van der Waals surface area contributed by atoms with E-state index in [1.165, 1.54) is 6.33 Å². The summed E-state index contributed by atoms with van der Waals surface area (Å²) < 4.78 is 55.2. The van der Waals surface area contributed by atoms with Crippen molar-refractivity contribution in [1.82, 2.24) is 24.2 Å². The Morgan fingerprint density at radius 2 is 1.51 bits per heavy atom. The molecule has 1 aliphatic rings. The van der Waals surface area contributed by atoms with Crippen LogP contribution in [0, 0.1) is 17.2 Å². The van der Waals surface area contributed by atoms with Crippen LogP contribution < -0.4 is 20.3 Å². The second-order valence-electron chi connectivity index (χ2n) is 16.2. The Morgan fingerprint density at radius 1 is 0.892 bits per heavy atom. The van der Waals surface area contributed by atoms with E-state index in [-0.39, 0.29) is 73.9 Å². The number of imidazole rings is 1. The number of nitrogens with one attached hydrogen (secondary N) is 2. The number of amides is 1. The lowest BCUT2D eigenvalue weighted by Gasteiger charge is -2.39. The Bertz CT molecular complexity index is 2330. The number of nitrogens with zero attached hydrogens (tertiary/aromatic N) is 5. The van der Waals surface area contributed by atoms with E-state index >= 15 is 0 Å². The third-order valence-corrected chi connectivity index (χ3v) is 13.0. The molecule has 6 rings (SSSR count). The minimum Gasteiger partial charge on any atom is -0.497 e. The van der Waals surface area contributed by atoms with Gasteiger partial charge in [-0.15, -0.1) is 0 Å². The number of rotatable bonds is 23. The van der Waals surface area contributed by atoms with Gasteiger partial charge in [-0.1, -0.05) is 68.4 Å². The van der Waals surface area contributed by atoms with Crippen molar-refractivity contribution in [3.05, 3.63) is 112 Å². The smallest absolute Gasteiger partial charge is 0.280 e. The van der Waals surface area contributed by atoms with Crippen LogP contribution >= 0.6 is 8.53 Å². The number of carbonyl (C=O) groups is 1. The fraction of sp³-hybridized carbons (Fsp3) is 0.468. The summed E-state index contributed by atoms with van der Waals surface area (Å²) in [6.45, 7) is 12.1. The molecule has 17 nitrogen and oxygen atoms in total. The Kier molecular flexibility index (Phi) is 17.2. The molecule has 1 fully saturated rings. The van der Waals surface area contributed by atoms with Gasteiger partial charge in [-0.05, 0) is 68.7 Å². The number of anilines is 1. The first-order valence-corrected chi connectivity index (χ1v) is 22.8. The van der Waals surface area contributed by atoms with Gasteiger partial charge in [-0.2, -0.15) is 10.2 Å². The van der Waals surface area contributed by atoms with Gasteiger partial charge in [-0.25, -0.2) is 9.65 Å². The van der Waals surface area contributed by atoms with Crippen molar-refractivity contribution in [1.29, 1.82) is 5.26 Å². The van der Waals surface area contributed by atoms with Crippen molar-refractivity contribution >= 4 is 31.5 Å². The zero-order chi connectivity index (χ0) is 46.7. The maximum atomic E-state index is 13.5. The number of nitriles is 1. The van der Waals surface area contributed by atoms with Crippen LogP contribution in [0.25, 0.3) is 11.2 Å². The number of fused-ring (bicyclic) bond motifs is 1. The van der Waals surface area contributed by atoms with E-state index in [4.69, 9.17) is 37.5 Å². The summed E-state index contributed by atoms with van der Waals surface area (Å²) >= 11 is 0. The van der Waals surface area contributed by atoms with Crippen LogP contribution in [0.3, 0.4) is 0 Å². The molecule has 0 saturated carbocycles. The normalized spacial score (nSPS) is 18.2. The maximum Gasteiger partial charge on any atom is 0.280 e. The minimum atomic E-state index is -1.85. The SMILES string of the molecule is COCCO[C@H]1C(OP(OCCC#N)N(C(C)C)C(C)C)C(COC(c2ccccc2)(c2ccc(OC)cc2)c2ccc(OC)cc2)OC1n1cnc2c(=O)[nH]c(NC(=O)C(C)C)nc21. The largest absolute Gasteiger partial charge is 0.497 e. The number of H-pyrrole nitrogens is 1. The highest BCUT2D eigenvalue weighted by Gasteiger charge is 2.52. The lowest BCUT2D eigenvalue weighted by Crippen LogP contribution is -2.43. The molecule has 348 valence electrons. The molecule has 2 aromatic heterocycles. The van der Waals surface area contributed by atoms with E-state index in [0.717, 1.165) is 16.7 Å². The van der Waals surface area contributed by atoms with Crippen molar-refractivity contribution in [2.45, 2.75) is 90.2 Å². The van der Waals surface area contributed by atoms with Gasteiger partial charge in [-0.3, -0.25) is 24.5 Å². The zero-order valence-corrected chi connectivity index (χ0v) is 39.3. The Labute approximate surface area is 381 Å². The fourth-order valence-corrected chi connectivity index (χ4v) is 9.52. The van der Waals surface area contributed by atoms with Crippen LogP contribution in [0.15, 0.2) is 90.0 Å². The van der Waals surface area contributed by atoms with Gasteiger partial charge in [0.15, 0.2) is 17.4 Å². The number of carbonyl (C=O) groups excluding carboxylic acids is 1. The second-order valence-corrected chi connectivity index (χ2v) is 17.6. The van der Waals surface area contributed by atoms with E-state index in [1.54, 1.807) is 39.7 Å². The molecule has 0 aliphatic carbocycles. The summed E-state index contributed by atoms with van der Waals surface area (Å²) in [6.07, 6.45) is -2.07. The van der Waals surface area contributed by atoms with E-state index in [1.807, 2.05) is 78.9 Å². The maximum absolute atomic E-state index is 13.5. The summed E-state index contributed by atoms with van der Waals surface area (Å²) in [5.41, 5.74) is 0.841. The van der Waals surface area contributed by atoms with Gasteiger partial charge in [0.2, 0.25) is 11.9 Å². The topological polar surface area (TPSA) is 194 Å². The lowest BCUT2D eigenvalue weighted by atomic mass is 9.80. The van der Waals surface area contributed by atoms with Crippen molar-refractivity contribution < 1.29 is 42.3 Å². The fourth-order valence-electron chi connectivity index (χ4n) is 7.75. The number of hydrogen-bond acceptors (Lipinski definition) is 14. The Morgan fingerprint density at radius 3 is 2.06 bits per heavy atom. The molecule has 3 heterocycles. The number of ether oxygens (including phenoxy) is 6. The molecule has 1 amide bonds. The summed E-state index contributed by atoms with van der Waals surface area (Å²) in [5, 5.41) is 12.2. The van der Waals surface area contributed by atoms with E-state index in [2.05, 4.69) is 58.7 Å². The van der Waals surface area contributed by atoms with Crippen molar-refractivity contribution in [3.8, 4) is 17.6 Å². The highest BCUT2D eigenvalue weighted by Crippen LogP contribution is 2.51. The van der Waals surface area contributed by atoms with Gasteiger partial charge in [0.05, 0.1) is 59.5 Å². The molecule has 0 bridgehead atoms. The number of aromatic amines is 1. The van der Waals surface area contributed by atoms with Crippen molar-refractivity contribution in [2.24, 2.45) is 5.92 Å². The summed E-state index contributed by atoms with van der Waals surface area (Å²) in [4.78, 5) is 38.0. The van der Waals surface area contributed by atoms with Crippen LogP contribution in [0.5, 0.6) is 11.5 Å². The first-order chi connectivity index (χ1) is 31.4. The molecule has 5 atom stereocenters. The highest BCUT2D eigenvalue weighted by atomic mass is 31.2. The van der Waals surface area contributed by atoms with Crippen LogP contribution in [-0.2, 0) is 38.4 Å². The standard InChI is InChI=1S/C47H60N7O10P/c1-30(2)43(55)51-46-50-42-39(44(56)52-46)49-29-53(42)45-41(60-27-26-57-7)40(64-65(62-25-13-24-48)54(31(3)4)32(5)6)38(63-45)28-61-47(33-14-11-10-12-15-33,34-16-20-36(58-8)21-17-34)35-18-22-37(59-9)23-19-35/h10-12,14-23,29-32,38,40-41,45H,13,25-28H2,1-9H3,(H2,50,51,52,55,56)/t38?,40?,41-,45?,65?/m0/s1.